The van der Waals surface area contributed by atoms with Crippen LogP contribution in [0.2, 0.25) is 0 Å². The summed E-state index contributed by atoms with van der Waals surface area (Å²) in [7, 11) is -3.30. The van der Waals surface area contributed by atoms with Crippen LogP contribution < -0.4 is 14.8 Å². The van der Waals surface area contributed by atoms with E-state index >= 15 is 0 Å². The van der Waals surface area contributed by atoms with Gasteiger partial charge in [-0.1, -0.05) is 6.07 Å². The molecule has 0 fully saturated rings. The van der Waals surface area contributed by atoms with Crippen LogP contribution in [0.1, 0.15) is 19.4 Å². The van der Waals surface area contributed by atoms with Crippen molar-refractivity contribution in [2.75, 3.05) is 17.1 Å². The molecule has 6 heteroatoms. The van der Waals surface area contributed by atoms with Gasteiger partial charge in [-0.3, -0.25) is 4.31 Å². The fourth-order valence-electron chi connectivity index (χ4n) is 2.26. The number of anilines is 1. The molecule has 1 aromatic rings. The molecule has 0 aromatic heterocycles. The van der Waals surface area contributed by atoms with Gasteiger partial charge in [0.25, 0.3) is 0 Å². The Morgan fingerprint density at radius 2 is 2.21 bits per heavy atom. The van der Waals surface area contributed by atoms with Gasteiger partial charge in [-0.25, -0.2) is 8.42 Å². The highest BCUT2D eigenvalue weighted by Crippen LogP contribution is 2.35. The lowest BCUT2D eigenvalue weighted by atomic mass is 10.1. The van der Waals surface area contributed by atoms with Gasteiger partial charge >= 0.3 is 0 Å². The van der Waals surface area contributed by atoms with E-state index in [-0.39, 0.29) is 12.1 Å². The van der Waals surface area contributed by atoms with Crippen molar-refractivity contribution in [3.63, 3.8) is 0 Å². The second kappa shape index (κ2) is 5.02. The lowest BCUT2D eigenvalue weighted by Crippen LogP contribution is -2.41. The number of sulfonamides is 1. The van der Waals surface area contributed by atoms with Gasteiger partial charge < -0.3 is 10.5 Å². The van der Waals surface area contributed by atoms with E-state index in [1.807, 2.05) is 32.0 Å². The van der Waals surface area contributed by atoms with Crippen molar-refractivity contribution in [3.8, 4) is 5.75 Å². The van der Waals surface area contributed by atoms with E-state index in [0.717, 1.165) is 5.56 Å². The molecule has 0 amide bonds. The van der Waals surface area contributed by atoms with Gasteiger partial charge in [-0.15, -0.1) is 0 Å². The number of hydrogen-bond acceptors (Lipinski definition) is 4. The first-order valence-corrected chi connectivity index (χ1v) is 8.15. The topological polar surface area (TPSA) is 72.6 Å². The zero-order valence-electron chi connectivity index (χ0n) is 11.5. The summed E-state index contributed by atoms with van der Waals surface area (Å²) in [5, 5.41) is 0. The predicted octanol–water partition coefficient (Wildman–Crippen LogP) is 1.12. The van der Waals surface area contributed by atoms with E-state index in [4.69, 9.17) is 10.5 Å². The first kappa shape index (κ1) is 14.1. The van der Waals surface area contributed by atoms with Gasteiger partial charge in [0, 0.05) is 6.04 Å². The Labute approximate surface area is 114 Å². The van der Waals surface area contributed by atoms with Crippen molar-refractivity contribution >= 4 is 15.7 Å². The van der Waals surface area contributed by atoms with Crippen LogP contribution in [0.3, 0.4) is 0 Å². The molecule has 0 saturated carbocycles. The smallest absolute Gasteiger partial charge is 0.232 e. The zero-order valence-corrected chi connectivity index (χ0v) is 12.3. The number of ether oxygens (including phenoxy) is 1. The van der Waals surface area contributed by atoms with Crippen LogP contribution in [0, 0.1) is 0 Å². The highest BCUT2D eigenvalue weighted by molar-refractivity contribution is 7.92. The van der Waals surface area contributed by atoms with Crippen LogP contribution in [-0.2, 0) is 16.4 Å². The van der Waals surface area contributed by atoms with E-state index < -0.39 is 10.0 Å². The van der Waals surface area contributed by atoms with E-state index in [2.05, 4.69) is 0 Å². The SMILES string of the molecule is CC(N)Cc1ccc2c(c1)N(S(C)(=O)=O)CC(C)O2. The van der Waals surface area contributed by atoms with Gasteiger partial charge in [0.05, 0.1) is 18.5 Å². The van der Waals surface area contributed by atoms with Crippen LogP contribution in [0.15, 0.2) is 18.2 Å². The number of benzene rings is 1. The molecular formula is C13H20N2O3S. The molecule has 0 aliphatic carbocycles. The molecule has 106 valence electrons. The highest BCUT2D eigenvalue weighted by atomic mass is 32.2. The normalized spacial score (nSPS) is 20.6. The summed E-state index contributed by atoms with van der Waals surface area (Å²) >= 11 is 0. The number of nitrogens with zero attached hydrogens (tertiary/aromatic N) is 1. The number of nitrogens with two attached hydrogens (primary N) is 1. The second-order valence-corrected chi connectivity index (χ2v) is 7.11. The lowest BCUT2D eigenvalue weighted by Gasteiger charge is -2.33. The molecule has 2 unspecified atom stereocenters. The molecule has 19 heavy (non-hydrogen) atoms. The quantitative estimate of drug-likeness (QED) is 0.903. The predicted molar refractivity (Wildman–Crippen MR) is 76.1 cm³/mol. The van der Waals surface area contributed by atoms with Gasteiger partial charge in [-0.05, 0) is 38.0 Å². The summed E-state index contributed by atoms with van der Waals surface area (Å²) in [6, 6.07) is 5.64. The fourth-order valence-corrected chi connectivity index (χ4v) is 3.24. The summed E-state index contributed by atoms with van der Waals surface area (Å²) in [4.78, 5) is 0. The van der Waals surface area contributed by atoms with Crippen LogP contribution in [0.25, 0.3) is 0 Å². The highest BCUT2D eigenvalue weighted by Gasteiger charge is 2.29. The third-order valence-corrected chi connectivity index (χ3v) is 4.15. The summed E-state index contributed by atoms with van der Waals surface area (Å²) in [6.07, 6.45) is 1.77. The Bertz CT molecular complexity index is 569. The monoisotopic (exact) mass is 284 g/mol. The van der Waals surface area contributed by atoms with E-state index in [9.17, 15) is 8.42 Å². The molecule has 1 aliphatic heterocycles. The van der Waals surface area contributed by atoms with E-state index in [1.165, 1.54) is 10.6 Å². The Morgan fingerprint density at radius 3 is 2.79 bits per heavy atom. The molecule has 5 nitrogen and oxygen atoms in total. The van der Waals surface area contributed by atoms with E-state index in [1.54, 1.807) is 0 Å². The van der Waals surface area contributed by atoms with Crippen molar-refractivity contribution in [2.45, 2.75) is 32.4 Å². The Hall–Kier alpha value is -1.27. The van der Waals surface area contributed by atoms with Gasteiger partial charge in [0.15, 0.2) is 0 Å². The molecule has 0 bridgehead atoms. The van der Waals surface area contributed by atoms with E-state index in [0.29, 0.717) is 24.4 Å². The summed E-state index contributed by atoms with van der Waals surface area (Å²) in [5.41, 5.74) is 7.40. The maximum atomic E-state index is 11.9. The molecule has 1 heterocycles. The van der Waals surface area contributed by atoms with Gasteiger partial charge in [0.2, 0.25) is 10.0 Å². The van der Waals surface area contributed by atoms with Crippen molar-refractivity contribution < 1.29 is 13.2 Å². The lowest BCUT2D eigenvalue weighted by molar-refractivity contribution is 0.219. The largest absolute Gasteiger partial charge is 0.487 e. The summed E-state index contributed by atoms with van der Waals surface area (Å²) < 4.78 is 30.8. The van der Waals surface area contributed by atoms with Crippen molar-refractivity contribution in [1.82, 2.24) is 0 Å². The molecule has 1 aliphatic rings. The molecule has 2 N–H and O–H groups in total. The van der Waals surface area contributed by atoms with Crippen LogP contribution in [0.5, 0.6) is 5.75 Å². The number of hydrogen-bond donors (Lipinski definition) is 1. The summed E-state index contributed by atoms with van der Waals surface area (Å²) in [6.45, 7) is 4.12. The average Bonchev–Trinajstić information content (AvgIpc) is 2.26. The molecule has 0 spiro atoms. The third kappa shape index (κ3) is 3.19. The van der Waals surface area contributed by atoms with Crippen molar-refractivity contribution in [1.29, 1.82) is 0 Å². The maximum absolute atomic E-state index is 11.9. The Balaban J connectivity index is 2.45. The molecule has 0 radical (unpaired) electrons. The van der Waals surface area contributed by atoms with Crippen LogP contribution in [0.4, 0.5) is 5.69 Å². The molecule has 1 aromatic carbocycles. The second-order valence-electron chi connectivity index (χ2n) is 5.21. The van der Waals surface area contributed by atoms with Gasteiger partial charge in [0.1, 0.15) is 11.9 Å². The minimum Gasteiger partial charge on any atom is -0.487 e. The average molecular weight is 284 g/mol. The van der Waals surface area contributed by atoms with Gasteiger partial charge in [-0.2, -0.15) is 0 Å². The Morgan fingerprint density at radius 1 is 1.53 bits per heavy atom. The third-order valence-electron chi connectivity index (χ3n) is 3.00. The molecule has 0 saturated heterocycles. The molecular weight excluding hydrogens is 264 g/mol. The maximum Gasteiger partial charge on any atom is 0.232 e. The zero-order chi connectivity index (χ0) is 14.2. The minimum atomic E-state index is -3.30. The first-order chi connectivity index (χ1) is 8.77. The fraction of sp³-hybridized carbons (Fsp3) is 0.538. The molecule has 2 atom stereocenters. The first-order valence-electron chi connectivity index (χ1n) is 6.30. The number of rotatable bonds is 3. The van der Waals surface area contributed by atoms with Crippen molar-refractivity contribution in [2.24, 2.45) is 5.73 Å². The summed E-state index contributed by atoms with van der Waals surface area (Å²) in [5.74, 6) is 0.609. The standard InChI is InChI=1S/C13H20N2O3S/c1-9(14)6-11-4-5-13-12(7-11)15(19(3,16)17)8-10(2)18-13/h4-5,7,9-10H,6,8,14H2,1-3H3. The van der Waals surface area contributed by atoms with Crippen LogP contribution >= 0.6 is 0 Å². The number of fused-ring (bicyclic) bond motifs is 1. The molecule has 2 rings (SSSR count). The van der Waals surface area contributed by atoms with Crippen molar-refractivity contribution in [3.05, 3.63) is 23.8 Å². The Kier molecular flexibility index (Phi) is 3.73. The minimum absolute atomic E-state index is 0.0353. The van der Waals surface area contributed by atoms with Crippen LogP contribution in [-0.4, -0.2) is 33.4 Å².